The molecule has 3 rings (SSSR count). The van der Waals surface area contributed by atoms with Crippen molar-refractivity contribution in [1.29, 1.82) is 0 Å². The van der Waals surface area contributed by atoms with Crippen LogP contribution in [0.1, 0.15) is 11.1 Å². The predicted octanol–water partition coefficient (Wildman–Crippen LogP) is 2.71. The molecule has 32 heavy (non-hydrogen) atoms. The maximum absolute atomic E-state index is 13.5. The first-order valence-corrected chi connectivity index (χ1v) is 10.2. The Morgan fingerprint density at radius 3 is 1.97 bits per heavy atom. The van der Waals surface area contributed by atoms with Crippen molar-refractivity contribution in [2.75, 3.05) is 47.6 Å². The van der Waals surface area contributed by atoms with Gasteiger partial charge in [-0.2, -0.15) is 0 Å². The van der Waals surface area contributed by atoms with Crippen LogP contribution < -0.4 is 4.74 Å². The van der Waals surface area contributed by atoms with E-state index in [1.165, 1.54) is 29.2 Å². The van der Waals surface area contributed by atoms with Gasteiger partial charge in [0.1, 0.15) is 17.3 Å². The highest BCUT2D eigenvalue weighted by atomic mass is 19.1. The standard InChI is InChI=1S/C24H27FN2O5/c1-30-14-12-26(13-15-31-2)22-21(18-6-8-19(25)9-7-18)23(28)27(24(22)29)16-17-4-10-20(32-3)11-5-17/h4-11H,12-16H2,1-3H3. The van der Waals surface area contributed by atoms with Crippen molar-refractivity contribution < 1.29 is 28.2 Å². The molecule has 0 aliphatic carbocycles. The number of carbonyl (C=O) groups excluding carboxylic acids is 2. The maximum Gasteiger partial charge on any atom is 0.278 e. The maximum atomic E-state index is 13.5. The SMILES string of the molecule is COCCN(CCOC)C1=C(c2ccc(F)cc2)C(=O)N(Cc2ccc(OC)cc2)C1=O. The lowest BCUT2D eigenvalue weighted by atomic mass is 10.0. The molecule has 8 heteroatoms. The van der Waals surface area contributed by atoms with Crippen LogP contribution in [0.5, 0.6) is 5.75 Å². The van der Waals surface area contributed by atoms with Crippen LogP contribution >= 0.6 is 0 Å². The zero-order valence-corrected chi connectivity index (χ0v) is 18.5. The summed E-state index contributed by atoms with van der Waals surface area (Å²) >= 11 is 0. The summed E-state index contributed by atoms with van der Waals surface area (Å²) in [6, 6.07) is 12.7. The second kappa shape index (κ2) is 10.9. The van der Waals surface area contributed by atoms with Crippen molar-refractivity contribution in [2.24, 2.45) is 0 Å². The number of nitrogens with zero attached hydrogens (tertiary/aromatic N) is 2. The first kappa shape index (κ1) is 23.4. The summed E-state index contributed by atoms with van der Waals surface area (Å²) in [7, 11) is 4.71. The number of amides is 2. The smallest absolute Gasteiger partial charge is 0.278 e. The Morgan fingerprint density at radius 1 is 0.844 bits per heavy atom. The van der Waals surface area contributed by atoms with Crippen LogP contribution in [0.25, 0.3) is 5.57 Å². The fourth-order valence-corrected chi connectivity index (χ4v) is 3.53. The zero-order valence-electron chi connectivity index (χ0n) is 18.5. The zero-order chi connectivity index (χ0) is 23.1. The molecule has 0 saturated heterocycles. The van der Waals surface area contributed by atoms with Gasteiger partial charge in [0.2, 0.25) is 0 Å². The number of hydrogen-bond donors (Lipinski definition) is 0. The fourth-order valence-electron chi connectivity index (χ4n) is 3.53. The Hall–Kier alpha value is -3.23. The van der Waals surface area contributed by atoms with Gasteiger partial charge < -0.3 is 19.1 Å². The Kier molecular flexibility index (Phi) is 7.97. The van der Waals surface area contributed by atoms with Crippen molar-refractivity contribution in [2.45, 2.75) is 6.54 Å². The highest BCUT2D eigenvalue weighted by molar-refractivity contribution is 6.35. The number of methoxy groups -OCH3 is 3. The minimum absolute atomic E-state index is 0.109. The van der Waals surface area contributed by atoms with E-state index >= 15 is 0 Å². The molecule has 7 nitrogen and oxygen atoms in total. The van der Waals surface area contributed by atoms with Crippen LogP contribution in [-0.4, -0.2) is 69.2 Å². The van der Waals surface area contributed by atoms with Gasteiger partial charge in [-0.05, 0) is 35.4 Å². The summed E-state index contributed by atoms with van der Waals surface area (Å²) in [4.78, 5) is 29.9. The fraction of sp³-hybridized carbons (Fsp3) is 0.333. The normalized spacial score (nSPS) is 13.8. The number of benzene rings is 2. The topological polar surface area (TPSA) is 68.3 Å². The van der Waals surface area contributed by atoms with E-state index in [-0.39, 0.29) is 17.8 Å². The van der Waals surface area contributed by atoms with Crippen LogP contribution in [0.2, 0.25) is 0 Å². The van der Waals surface area contributed by atoms with Crippen molar-refractivity contribution >= 4 is 17.4 Å². The van der Waals surface area contributed by atoms with Gasteiger partial charge in [0.25, 0.3) is 11.8 Å². The predicted molar refractivity (Wildman–Crippen MR) is 117 cm³/mol. The largest absolute Gasteiger partial charge is 0.497 e. The van der Waals surface area contributed by atoms with Crippen LogP contribution in [0, 0.1) is 5.82 Å². The third-order valence-corrected chi connectivity index (χ3v) is 5.22. The highest BCUT2D eigenvalue weighted by Crippen LogP contribution is 2.33. The number of rotatable bonds is 11. The Labute approximate surface area is 187 Å². The van der Waals surface area contributed by atoms with E-state index in [1.807, 2.05) is 12.1 Å². The van der Waals surface area contributed by atoms with Gasteiger partial charge in [0, 0.05) is 27.3 Å². The van der Waals surface area contributed by atoms with E-state index in [9.17, 15) is 14.0 Å². The summed E-state index contributed by atoms with van der Waals surface area (Å²) in [5.41, 5.74) is 1.78. The van der Waals surface area contributed by atoms with Crippen molar-refractivity contribution in [3.8, 4) is 5.75 Å². The molecule has 2 aromatic rings. The summed E-state index contributed by atoms with van der Waals surface area (Å²) < 4.78 is 29.1. The monoisotopic (exact) mass is 442 g/mol. The van der Waals surface area contributed by atoms with Gasteiger partial charge in [-0.3, -0.25) is 14.5 Å². The average molecular weight is 442 g/mol. The van der Waals surface area contributed by atoms with Crippen molar-refractivity contribution in [3.05, 3.63) is 71.2 Å². The van der Waals surface area contributed by atoms with E-state index in [0.29, 0.717) is 37.6 Å². The molecule has 0 spiro atoms. The van der Waals surface area contributed by atoms with E-state index in [4.69, 9.17) is 14.2 Å². The molecule has 0 aromatic heterocycles. The van der Waals surface area contributed by atoms with E-state index in [2.05, 4.69) is 0 Å². The van der Waals surface area contributed by atoms with Crippen molar-refractivity contribution in [3.63, 3.8) is 0 Å². The van der Waals surface area contributed by atoms with E-state index in [1.54, 1.807) is 38.4 Å². The number of hydrogen-bond acceptors (Lipinski definition) is 6. The van der Waals surface area contributed by atoms with E-state index in [0.717, 1.165) is 5.56 Å². The highest BCUT2D eigenvalue weighted by Gasteiger charge is 2.41. The molecule has 0 radical (unpaired) electrons. The minimum atomic E-state index is -0.424. The Balaban J connectivity index is 2.00. The molecule has 1 aliphatic heterocycles. The molecule has 1 heterocycles. The second-order valence-electron chi connectivity index (χ2n) is 7.25. The second-order valence-corrected chi connectivity index (χ2v) is 7.25. The molecule has 2 amide bonds. The number of imide groups is 1. The lowest BCUT2D eigenvalue weighted by molar-refractivity contribution is -0.138. The molecule has 2 aromatic carbocycles. The van der Waals surface area contributed by atoms with E-state index < -0.39 is 17.6 Å². The third-order valence-electron chi connectivity index (χ3n) is 5.22. The average Bonchev–Trinajstić information content (AvgIpc) is 3.05. The van der Waals surface area contributed by atoms with Gasteiger partial charge in [-0.15, -0.1) is 0 Å². The molecule has 0 atom stereocenters. The quantitative estimate of drug-likeness (QED) is 0.499. The number of halogens is 1. The lowest BCUT2D eigenvalue weighted by Crippen LogP contribution is -2.37. The molecule has 0 fully saturated rings. The minimum Gasteiger partial charge on any atom is -0.497 e. The Morgan fingerprint density at radius 2 is 1.44 bits per heavy atom. The first-order chi connectivity index (χ1) is 15.5. The van der Waals surface area contributed by atoms with Gasteiger partial charge in [-0.25, -0.2) is 4.39 Å². The molecular weight excluding hydrogens is 415 g/mol. The lowest BCUT2D eigenvalue weighted by Gasteiger charge is -2.25. The molecule has 0 bridgehead atoms. The van der Waals surface area contributed by atoms with Crippen molar-refractivity contribution in [1.82, 2.24) is 9.80 Å². The van der Waals surface area contributed by atoms with Gasteiger partial charge in [0.15, 0.2) is 0 Å². The summed E-state index contributed by atoms with van der Waals surface area (Å²) in [6.45, 7) is 1.64. The van der Waals surface area contributed by atoms with Crippen LogP contribution in [-0.2, 0) is 25.6 Å². The molecule has 0 saturated carbocycles. The molecular formula is C24H27FN2O5. The molecule has 0 N–H and O–H groups in total. The Bertz CT molecular complexity index is 965. The summed E-state index contributed by atoms with van der Waals surface area (Å²) in [5.74, 6) is -0.563. The first-order valence-electron chi connectivity index (χ1n) is 10.2. The van der Waals surface area contributed by atoms with Gasteiger partial charge >= 0.3 is 0 Å². The molecule has 0 unspecified atom stereocenters. The number of ether oxygens (including phenoxy) is 3. The molecule has 1 aliphatic rings. The van der Waals surface area contributed by atoms with Gasteiger partial charge in [-0.1, -0.05) is 24.3 Å². The van der Waals surface area contributed by atoms with Gasteiger partial charge in [0.05, 0.1) is 32.4 Å². The van der Waals surface area contributed by atoms with Crippen LogP contribution in [0.15, 0.2) is 54.2 Å². The number of carbonyl (C=O) groups is 2. The summed E-state index contributed by atoms with van der Waals surface area (Å²) in [6.07, 6.45) is 0. The third kappa shape index (κ3) is 5.15. The molecule has 170 valence electrons. The van der Waals surface area contributed by atoms with Crippen LogP contribution in [0.4, 0.5) is 4.39 Å². The van der Waals surface area contributed by atoms with Crippen LogP contribution in [0.3, 0.4) is 0 Å². The summed E-state index contributed by atoms with van der Waals surface area (Å²) in [5, 5.41) is 0.